The molecule has 2 aromatic heterocycles. The average Bonchev–Trinajstić information content (AvgIpc) is 1.75. The van der Waals surface area contributed by atoms with Gasteiger partial charge in [0.2, 0.25) is 11.6 Å². The number of carbonyl (C=O) groups excluding carboxylic acids is 7. The number of nitrogens with one attached hydrogen (secondary N) is 2. The van der Waals surface area contributed by atoms with Gasteiger partial charge in [-0.15, -0.1) is 0 Å². The summed E-state index contributed by atoms with van der Waals surface area (Å²) >= 11 is 4.61. The summed E-state index contributed by atoms with van der Waals surface area (Å²) in [6, 6.07) is 73.7. The molecule has 0 bridgehead atoms. The second-order valence-electron chi connectivity index (χ2n) is 24.9. The van der Waals surface area contributed by atoms with E-state index in [1.165, 1.54) is 18.1 Å². The van der Waals surface area contributed by atoms with Gasteiger partial charge in [-0.25, -0.2) is 23.7 Å². The first-order chi connectivity index (χ1) is 47.6. The van der Waals surface area contributed by atoms with E-state index in [2.05, 4.69) is 93.9 Å². The van der Waals surface area contributed by atoms with Crippen LogP contribution in [0.25, 0.3) is 54.5 Å². The number of fused-ring (bicyclic) bond motifs is 4. The second-order valence-corrected chi connectivity index (χ2v) is 25.2. The third-order valence-corrected chi connectivity index (χ3v) is 15.5. The molecule has 12 aromatic rings. The van der Waals surface area contributed by atoms with Gasteiger partial charge in [0.05, 0.1) is 37.0 Å². The maximum atomic E-state index is 12.8. The number of nitrogens with two attached hydrogens (primary N) is 2. The molecule has 22 heteroatoms. The van der Waals surface area contributed by atoms with Crippen molar-refractivity contribution in [3.8, 4) is 11.4 Å². The van der Waals surface area contributed by atoms with Crippen molar-refractivity contribution >= 4 is 124 Å². The number of anilines is 4. The van der Waals surface area contributed by atoms with Gasteiger partial charge in [-0.05, 0) is 105 Å². The van der Waals surface area contributed by atoms with Gasteiger partial charge in [0, 0.05) is 58.0 Å². The largest absolute Gasteiger partial charge is 1.00 e. The van der Waals surface area contributed by atoms with Gasteiger partial charge >= 0.3 is 53.8 Å². The number of halogens is 1. The predicted octanol–water partition coefficient (Wildman–Crippen LogP) is 12.2. The first-order valence-corrected chi connectivity index (χ1v) is 32.0. The molecule has 8 N–H and O–H groups in total. The summed E-state index contributed by atoms with van der Waals surface area (Å²) in [6.07, 6.45) is 0.0186. The minimum atomic E-state index is -1.38. The zero-order chi connectivity index (χ0) is 72.8. The summed E-state index contributed by atoms with van der Waals surface area (Å²) in [5.74, 6) is -4.88. The third kappa shape index (κ3) is 23.8. The Balaban J connectivity index is 0.000000276. The van der Waals surface area contributed by atoms with Crippen molar-refractivity contribution in [2.75, 3.05) is 36.3 Å². The Bertz CT molecular complexity index is 4900. The van der Waals surface area contributed by atoms with E-state index in [4.69, 9.17) is 16.6 Å². The van der Waals surface area contributed by atoms with Crippen LogP contribution in [-0.4, -0.2) is 90.9 Å². The molecule has 0 saturated carbocycles. The molecule has 0 radical (unpaired) electrons. The molecule has 12 rings (SSSR count). The minimum Gasteiger partial charge on any atom is -0.870 e. The van der Waals surface area contributed by atoms with E-state index in [1.54, 1.807) is 21.5 Å². The van der Waals surface area contributed by atoms with Crippen LogP contribution < -0.4 is 41.0 Å². The van der Waals surface area contributed by atoms with Crippen molar-refractivity contribution in [2.24, 2.45) is 0 Å². The van der Waals surface area contributed by atoms with Crippen molar-refractivity contribution in [3.63, 3.8) is 0 Å². The molecule has 0 aliphatic heterocycles. The molecule has 0 aliphatic rings. The number of benzene rings is 10. The molecule has 20 nitrogen and oxygen atoms in total. The fourth-order valence-electron chi connectivity index (χ4n) is 9.89. The Morgan fingerprint density at radius 1 is 0.466 bits per heavy atom. The Morgan fingerprint density at radius 2 is 0.835 bits per heavy atom. The smallest absolute Gasteiger partial charge is 0.870 e. The number of hydrogen-bond acceptors (Lipinski definition) is 15. The van der Waals surface area contributed by atoms with Gasteiger partial charge < -0.3 is 42.2 Å². The molecule has 103 heavy (non-hydrogen) atoms. The number of rotatable bonds is 11. The molecule has 0 fully saturated rings. The number of ether oxygens (including phenoxy) is 2. The monoisotopic (exact) mass is 1400 g/mol. The first kappa shape index (κ1) is 83.9. The molecule has 2 amide bonds. The minimum absolute atomic E-state index is 0. The molecule has 0 aliphatic carbocycles. The number of aryl methyl sites for hydroxylation is 2. The number of carbonyl (C=O) groups is 8. The van der Waals surface area contributed by atoms with E-state index in [1.807, 2.05) is 222 Å². The van der Waals surface area contributed by atoms with Gasteiger partial charge in [-0.1, -0.05) is 242 Å². The number of aliphatic carboxylic acids is 1. The van der Waals surface area contributed by atoms with Crippen molar-refractivity contribution in [3.05, 3.63) is 264 Å². The van der Waals surface area contributed by atoms with Crippen molar-refractivity contribution in [2.45, 2.75) is 86.5 Å². The number of ketones is 2. The van der Waals surface area contributed by atoms with E-state index in [-0.39, 0.29) is 55.4 Å². The molecule has 0 unspecified atom stereocenters. The molecule has 0 spiro atoms. The maximum absolute atomic E-state index is 12.8. The van der Waals surface area contributed by atoms with E-state index in [0.717, 1.165) is 90.0 Å². The number of hydrogen-bond donors (Lipinski definition) is 5. The number of aromatic nitrogens is 4. The van der Waals surface area contributed by atoms with Crippen LogP contribution in [0.15, 0.2) is 231 Å². The zero-order valence-electron chi connectivity index (χ0n) is 58.7. The zero-order valence-corrected chi connectivity index (χ0v) is 59.4. The second kappa shape index (κ2) is 38.9. The summed E-state index contributed by atoms with van der Waals surface area (Å²) in [6.45, 7) is 16.6. The first-order valence-electron chi connectivity index (χ1n) is 31.6. The van der Waals surface area contributed by atoms with Crippen LogP contribution in [0.1, 0.15) is 82.6 Å². The van der Waals surface area contributed by atoms with E-state index in [0.29, 0.717) is 17.3 Å². The number of Topliss-reactive ketones (excluding diaryl/α,β-unsaturated/α-hetero) is 2. The Hall–Kier alpha value is -11.5. The summed E-state index contributed by atoms with van der Waals surface area (Å²) in [4.78, 5) is 89.2. The number of carboxylic acids is 1. The average molecular weight is 1400 g/mol. The van der Waals surface area contributed by atoms with Crippen LogP contribution in [0.4, 0.5) is 23.0 Å². The molecule has 0 atom stereocenters. The van der Waals surface area contributed by atoms with Crippen LogP contribution in [-0.2, 0) is 71.5 Å². The molecule has 0 saturated heterocycles. The number of amides is 2. The van der Waals surface area contributed by atoms with Crippen LogP contribution in [0.3, 0.4) is 0 Å². The van der Waals surface area contributed by atoms with Crippen LogP contribution in [0, 0.1) is 13.8 Å². The molecule has 10 aromatic carbocycles. The summed E-state index contributed by atoms with van der Waals surface area (Å²) < 4.78 is 11.7. The fraction of sp³-hybridized carbons (Fsp3) is 0.185. The van der Waals surface area contributed by atoms with Crippen molar-refractivity contribution in [1.29, 1.82) is 0 Å². The Morgan fingerprint density at radius 3 is 1.26 bits per heavy atom. The SMILES string of the molecule is C.COC(=O)C(=O)Cc1cccc2ccccc12.COC(=O)C(=O)Cl.Cc1ccc(-n2nc(C(C)(C)C)cc2N)cc1.Cc1ccc(-n2nc(C(C)(C)C)cc2NC(=O)C(=O)Nc2cccc3ccccc23)cc1.Nc1cccc2ccccc12.O=C(O)C(=O)Cc1cccc2ccccc12.[Li+].[OH-]. The number of esters is 2. The summed E-state index contributed by atoms with van der Waals surface area (Å²) in [7, 11) is 2.30. The van der Waals surface area contributed by atoms with E-state index < -0.39 is 46.5 Å². The number of nitrogens with zero attached hydrogens (tertiary/aromatic N) is 4. The van der Waals surface area contributed by atoms with Gasteiger partial charge in [0.15, 0.2) is 0 Å². The van der Waals surface area contributed by atoms with Gasteiger partial charge in [-0.3, -0.25) is 24.0 Å². The normalized spacial score (nSPS) is 10.4. The molecule has 528 valence electrons. The van der Waals surface area contributed by atoms with Crippen LogP contribution in [0.2, 0.25) is 0 Å². The quantitative estimate of drug-likeness (QED) is 0.0264. The number of methoxy groups -OCH3 is 2. The summed E-state index contributed by atoms with van der Waals surface area (Å²) in [5.41, 5.74) is 20.6. The van der Waals surface area contributed by atoms with Crippen molar-refractivity contribution in [1.82, 2.24) is 19.6 Å². The van der Waals surface area contributed by atoms with E-state index >= 15 is 0 Å². The van der Waals surface area contributed by atoms with Crippen molar-refractivity contribution < 1.29 is 77.3 Å². The Kier molecular flexibility index (Phi) is 31.7. The number of nitrogen functional groups attached to an aromatic ring is 2. The predicted molar refractivity (Wildman–Crippen MR) is 404 cm³/mol. The van der Waals surface area contributed by atoms with Gasteiger partial charge in [0.25, 0.3) is 0 Å². The maximum Gasteiger partial charge on any atom is 1.00 e. The van der Waals surface area contributed by atoms with E-state index in [9.17, 15) is 38.4 Å². The molecular weight excluding hydrogens is 1320 g/mol. The molecule has 2 heterocycles. The number of carboxylic acid groups (broad SMARTS) is 1. The standard InChI is InChI=1S/C26H26N4O2.C14H19N3.C14H12O3.C13H10O3.C10H9N.C3H3ClO3.CH4.Li.H2O/c1-17-12-14-19(15-13-17)30-23(16-22(29-30)26(2,3)4)28-25(32)24(31)27-21-11-7-9-18-8-5-6-10-20(18)21;1-10-5-7-11(8-6-10)17-13(15)9-12(16-17)14(2,3)4;1-17-14(16)13(15)9-11-7-4-6-10-5-2-3-8-12(10)11;14-12(13(15)16)8-10-6-3-5-9-4-1-2-7-11(9)10;11-10-7-3-5-8-4-1-2-6-9(8)10;1-7-3(6)2(4)5;;;/h5-16H,1-4H3,(H,27,31)(H,28,32);5-9H,15H2,1-4H3;2-8H,9H2,1H3;1-7H,8H2,(H,15,16);1-7H,11H2;1H3;1H4;;1H2/q;;;;;;;+1;/p-1. The molecular formula is C81H84ClLiN8O12. The Labute approximate surface area is 615 Å². The van der Waals surface area contributed by atoms with Crippen LogP contribution >= 0.6 is 11.6 Å². The topological polar surface area (TPSA) is 317 Å². The van der Waals surface area contributed by atoms with Gasteiger partial charge in [0.1, 0.15) is 11.6 Å². The van der Waals surface area contributed by atoms with Gasteiger partial charge in [-0.2, -0.15) is 10.2 Å². The third-order valence-electron chi connectivity index (χ3n) is 15.3. The summed E-state index contributed by atoms with van der Waals surface area (Å²) in [5, 5.41) is 30.4. The van der Waals surface area contributed by atoms with Crippen LogP contribution in [0.5, 0.6) is 0 Å². The fourth-order valence-corrected chi connectivity index (χ4v) is 9.97.